The number of para-hydroxylation sites is 1. The second-order valence-electron chi connectivity index (χ2n) is 7.62. The molecule has 2 aromatic carbocycles. The molecule has 0 spiro atoms. The van der Waals surface area contributed by atoms with E-state index in [0.29, 0.717) is 18.7 Å². The van der Waals surface area contributed by atoms with Crippen LogP contribution in [-0.2, 0) is 0 Å². The van der Waals surface area contributed by atoms with Gasteiger partial charge >= 0.3 is 6.03 Å². The highest BCUT2D eigenvalue weighted by Crippen LogP contribution is 2.29. The van der Waals surface area contributed by atoms with Gasteiger partial charge < -0.3 is 20.3 Å². The topological polar surface area (TPSA) is 70.7 Å². The zero-order valence-corrected chi connectivity index (χ0v) is 17.3. The number of hydrogen-bond donors (Lipinski definition) is 2. The quantitative estimate of drug-likeness (QED) is 0.811. The van der Waals surface area contributed by atoms with Crippen LogP contribution in [0, 0.1) is 0 Å². The monoisotopic (exact) mass is 395 g/mol. The number of methoxy groups -OCH3 is 1. The van der Waals surface area contributed by atoms with Gasteiger partial charge in [-0.25, -0.2) is 4.79 Å². The maximum absolute atomic E-state index is 12.8. The number of hydrogen-bond acceptors (Lipinski definition) is 3. The number of ether oxygens (including phenoxy) is 1. The number of amides is 3. The molecule has 0 saturated carbocycles. The van der Waals surface area contributed by atoms with Gasteiger partial charge in [-0.1, -0.05) is 30.3 Å². The molecule has 1 aliphatic rings. The standard InChI is InChI=1S/C23H29N3O3/c1-16(2)24-23(28)25-19-12-14-26(15-13-19)22(27)18-10-8-17(9-11-18)20-6-4-5-7-21(20)29-3/h4-11,16,19H,12-15H2,1-3H3,(H2,24,25,28). The van der Waals surface area contributed by atoms with E-state index < -0.39 is 0 Å². The third-order valence-electron chi connectivity index (χ3n) is 5.09. The zero-order chi connectivity index (χ0) is 20.8. The van der Waals surface area contributed by atoms with Crippen molar-refractivity contribution in [3.63, 3.8) is 0 Å². The summed E-state index contributed by atoms with van der Waals surface area (Å²) in [7, 11) is 1.65. The number of carbonyl (C=O) groups is 2. The van der Waals surface area contributed by atoms with Crippen LogP contribution in [0.1, 0.15) is 37.0 Å². The van der Waals surface area contributed by atoms with E-state index in [2.05, 4.69) is 10.6 Å². The summed E-state index contributed by atoms with van der Waals surface area (Å²) < 4.78 is 5.42. The Labute approximate surface area is 172 Å². The SMILES string of the molecule is COc1ccccc1-c1ccc(C(=O)N2CCC(NC(=O)NC(C)C)CC2)cc1. The molecule has 29 heavy (non-hydrogen) atoms. The van der Waals surface area contributed by atoms with Gasteiger partial charge in [0, 0.05) is 36.3 Å². The smallest absolute Gasteiger partial charge is 0.315 e. The minimum atomic E-state index is -0.142. The predicted octanol–water partition coefficient (Wildman–Crippen LogP) is 3.67. The van der Waals surface area contributed by atoms with Crippen molar-refractivity contribution >= 4 is 11.9 Å². The van der Waals surface area contributed by atoms with Gasteiger partial charge in [0.15, 0.2) is 0 Å². The molecule has 2 aromatic rings. The Morgan fingerprint density at radius 1 is 1.03 bits per heavy atom. The Hall–Kier alpha value is -3.02. The molecule has 3 amide bonds. The summed E-state index contributed by atoms with van der Waals surface area (Å²) in [6.45, 7) is 5.14. The molecule has 1 heterocycles. The van der Waals surface area contributed by atoms with Gasteiger partial charge in [-0.15, -0.1) is 0 Å². The van der Waals surface area contributed by atoms with Crippen molar-refractivity contribution in [3.8, 4) is 16.9 Å². The number of likely N-dealkylation sites (tertiary alicyclic amines) is 1. The molecule has 6 heteroatoms. The molecule has 0 bridgehead atoms. The predicted molar refractivity (Wildman–Crippen MR) is 114 cm³/mol. The van der Waals surface area contributed by atoms with E-state index in [1.54, 1.807) is 7.11 Å². The van der Waals surface area contributed by atoms with E-state index in [9.17, 15) is 9.59 Å². The van der Waals surface area contributed by atoms with Gasteiger partial charge in [0.05, 0.1) is 7.11 Å². The molecule has 6 nitrogen and oxygen atoms in total. The van der Waals surface area contributed by atoms with Gasteiger partial charge in [-0.3, -0.25) is 4.79 Å². The molecular formula is C23H29N3O3. The molecule has 1 saturated heterocycles. The summed E-state index contributed by atoms with van der Waals surface area (Å²) in [5.41, 5.74) is 2.69. The second kappa shape index (κ2) is 9.45. The largest absolute Gasteiger partial charge is 0.496 e. The molecule has 1 fully saturated rings. The van der Waals surface area contributed by atoms with Crippen molar-refractivity contribution in [2.45, 2.75) is 38.8 Å². The van der Waals surface area contributed by atoms with Crippen molar-refractivity contribution in [2.24, 2.45) is 0 Å². The zero-order valence-electron chi connectivity index (χ0n) is 17.3. The van der Waals surface area contributed by atoms with Crippen LogP contribution in [0.15, 0.2) is 48.5 Å². The normalized spacial score (nSPS) is 14.6. The summed E-state index contributed by atoms with van der Waals surface area (Å²) in [6, 6.07) is 15.5. The molecule has 0 unspecified atom stereocenters. The maximum Gasteiger partial charge on any atom is 0.315 e. The van der Waals surface area contributed by atoms with Gasteiger partial charge in [0.25, 0.3) is 5.91 Å². The molecule has 0 aliphatic carbocycles. The van der Waals surface area contributed by atoms with Crippen molar-refractivity contribution in [1.82, 2.24) is 15.5 Å². The first-order chi connectivity index (χ1) is 14.0. The van der Waals surface area contributed by atoms with Crippen molar-refractivity contribution in [3.05, 3.63) is 54.1 Å². The number of piperidine rings is 1. The van der Waals surface area contributed by atoms with Crippen molar-refractivity contribution < 1.29 is 14.3 Å². The van der Waals surface area contributed by atoms with Gasteiger partial charge in [0.2, 0.25) is 0 Å². The van der Waals surface area contributed by atoms with E-state index in [4.69, 9.17) is 4.74 Å². The van der Waals surface area contributed by atoms with Crippen LogP contribution in [0.3, 0.4) is 0 Å². The number of carbonyl (C=O) groups excluding carboxylic acids is 2. The molecule has 0 atom stereocenters. The van der Waals surface area contributed by atoms with Crippen LogP contribution in [0.5, 0.6) is 5.75 Å². The first-order valence-electron chi connectivity index (χ1n) is 10.1. The van der Waals surface area contributed by atoms with Gasteiger partial charge in [0.1, 0.15) is 5.75 Å². The summed E-state index contributed by atoms with van der Waals surface area (Å²) in [5, 5.41) is 5.82. The van der Waals surface area contributed by atoms with Crippen LogP contribution in [0.25, 0.3) is 11.1 Å². The fourth-order valence-electron chi connectivity index (χ4n) is 3.57. The van der Waals surface area contributed by atoms with Crippen LogP contribution in [-0.4, -0.2) is 49.1 Å². The molecule has 1 aliphatic heterocycles. The van der Waals surface area contributed by atoms with Gasteiger partial charge in [-0.2, -0.15) is 0 Å². The molecule has 154 valence electrons. The molecule has 3 rings (SSSR count). The minimum Gasteiger partial charge on any atom is -0.496 e. The van der Waals surface area contributed by atoms with E-state index in [-0.39, 0.29) is 24.0 Å². The van der Waals surface area contributed by atoms with Crippen molar-refractivity contribution in [2.75, 3.05) is 20.2 Å². The number of rotatable bonds is 5. The summed E-state index contributed by atoms with van der Waals surface area (Å²) in [4.78, 5) is 26.5. The van der Waals surface area contributed by atoms with E-state index in [0.717, 1.165) is 29.7 Å². The highest BCUT2D eigenvalue weighted by atomic mass is 16.5. The number of nitrogens with zero attached hydrogens (tertiary/aromatic N) is 1. The Morgan fingerprint density at radius 3 is 2.31 bits per heavy atom. The fraction of sp³-hybridized carbons (Fsp3) is 0.391. The minimum absolute atomic E-state index is 0.0293. The summed E-state index contributed by atoms with van der Waals surface area (Å²) in [5.74, 6) is 0.837. The third kappa shape index (κ3) is 5.28. The lowest BCUT2D eigenvalue weighted by molar-refractivity contribution is 0.0708. The molecule has 0 radical (unpaired) electrons. The van der Waals surface area contributed by atoms with Crippen molar-refractivity contribution in [1.29, 1.82) is 0 Å². The van der Waals surface area contributed by atoms with Crippen LogP contribution in [0.4, 0.5) is 4.79 Å². The van der Waals surface area contributed by atoms with E-state index in [1.807, 2.05) is 67.3 Å². The Morgan fingerprint density at radius 2 is 1.69 bits per heavy atom. The lowest BCUT2D eigenvalue weighted by Crippen LogP contribution is -2.50. The number of benzene rings is 2. The Bertz CT molecular complexity index is 841. The van der Waals surface area contributed by atoms with Crippen LogP contribution >= 0.6 is 0 Å². The fourth-order valence-corrected chi connectivity index (χ4v) is 3.57. The number of nitrogens with one attached hydrogen (secondary N) is 2. The van der Waals surface area contributed by atoms with Crippen LogP contribution in [0.2, 0.25) is 0 Å². The first kappa shape index (κ1) is 20.7. The highest BCUT2D eigenvalue weighted by molar-refractivity contribution is 5.95. The average Bonchev–Trinajstić information content (AvgIpc) is 2.73. The Kier molecular flexibility index (Phi) is 6.75. The maximum atomic E-state index is 12.8. The second-order valence-corrected chi connectivity index (χ2v) is 7.62. The lowest BCUT2D eigenvalue weighted by atomic mass is 10.0. The first-order valence-corrected chi connectivity index (χ1v) is 10.1. The third-order valence-corrected chi connectivity index (χ3v) is 5.09. The number of urea groups is 1. The Balaban J connectivity index is 1.58. The average molecular weight is 396 g/mol. The summed E-state index contributed by atoms with van der Waals surface area (Å²) in [6.07, 6.45) is 1.52. The molecule has 0 aromatic heterocycles. The van der Waals surface area contributed by atoms with E-state index >= 15 is 0 Å². The molecular weight excluding hydrogens is 366 g/mol. The summed E-state index contributed by atoms with van der Waals surface area (Å²) >= 11 is 0. The van der Waals surface area contributed by atoms with Crippen LogP contribution < -0.4 is 15.4 Å². The lowest BCUT2D eigenvalue weighted by Gasteiger charge is -2.32. The van der Waals surface area contributed by atoms with Gasteiger partial charge in [-0.05, 0) is 50.5 Å². The highest BCUT2D eigenvalue weighted by Gasteiger charge is 2.24. The molecule has 2 N–H and O–H groups in total. The van der Waals surface area contributed by atoms with E-state index in [1.165, 1.54) is 0 Å².